The average molecular weight is 247 g/mol. The molecule has 0 fully saturated rings. The fraction of sp³-hybridized carbons (Fsp3) is 0.357. The minimum absolute atomic E-state index is 0.204. The first-order chi connectivity index (χ1) is 8.48. The van der Waals surface area contributed by atoms with E-state index in [1.54, 1.807) is 27.0 Å². The number of pyridine rings is 1. The van der Waals surface area contributed by atoms with Gasteiger partial charge in [-0.05, 0) is 32.0 Å². The summed E-state index contributed by atoms with van der Waals surface area (Å²) in [6, 6.07) is 9.41. The van der Waals surface area contributed by atoms with Gasteiger partial charge in [0.1, 0.15) is 12.4 Å². The molecule has 1 heterocycles. The molecule has 0 aliphatic heterocycles. The van der Waals surface area contributed by atoms with Crippen molar-refractivity contribution in [3.05, 3.63) is 30.3 Å². The third kappa shape index (κ3) is 3.11. The predicted molar refractivity (Wildman–Crippen MR) is 70.1 cm³/mol. The highest BCUT2D eigenvalue weighted by atomic mass is 16.5. The molecule has 96 valence electrons. The fourth-order valence-corrected chi connectivity index (χ4v) is 1.54. The number of methoxy groups -OCH3 is 1. The first-order valence-electron chi connectivity index (χ1n) is 5.78. The first kappa shape index (κ1) is 12.6. The summed E-state index contributed by atoms with van der Waals surface area (Å²) in [7, 11) is 1.62. The van der Waals surface area contributed by atoms with Crippen molar-refractivity contribution >= 4 is 10.9 Å². The van der Waals surface area contributed by atoms with Gasteiger partial charge in [-0.25, -0.2) is 4.98 Å². The van der Waals surface area contributed by atoms with Crippen LogP contribution in [0.3, 0.4) is 0 Å². The number of rotatable bonds is 4. The number of aliphatic hydroxyl groups is 1. The Kier molecular flexibility index (Phi) is 3.39. The van der Waals surface area contributed by atoms with Crippen molar-refractivity contribution in [2.45, 2.75) is 19.4 Å². The maximum atomic E-state index is 9.60. The average Bonchev–Trinajstić information content (AvgIpc) is 2.34. The molecule has 0 saturated carbocycles. The van der Waals surface area contributed by atoms with E-state index in [0.717, 1.165) is 16.7 Å². The Morgan fingerprint density at radius 1 is 1.22 bits per heavy atom. The number of fused-ring (bicyclic) bond motifs is 1. The van der Waals surface area contributed by atoms with Crippen LogP contribution in [0, 0.1) is 0 Å². The summed E-state index contributed by atoms with van der Waals surface area (Å²) in [4.78, 5) is 4.37. The Labute approximate surface area is 106 Å². The largest absolute Gasteiger partial charge is 0.497 e. The molecule has 0 bridgehead atoms. The Balaban J connectivity index is 2.25. The van der Waals surface area contributed by atoms with Crippen LogP contribution in [-0.4, -0.2) is 29.4 Å². The normalized spacial score (nSPS) is 11.6. The predicted octanol–water partition coefficient (Wildman–Crippen LogP) is 2.39. The van der Waals surface area contributed by atoms with E-state index in [2.05, 4.69) is 4.98 Å². The number of nitrogens with zero attached hydrogens (tertiary/aromatic N) is 1. The smallest absolute Gasteiger partial charge is 0.213 e. The van der Waals surface area contributed by atoms with Crippen LogP contribution >= 0.6 is 0 Å². The molecule has 0 unspecified atom stereocenters. The second kappa shape index (κ2) is 4.82. The zero-order chi connectivity index (χ0) is 13.2. The molecule has 0 radical (unpaired) electrons. The highest BCUT2D eigenvalue weighted by Gasteiger charge is 2.13. The van der Waals surface area contributed by atoms with E-state index >= 15 is 0 Å². The van der Waals surface area contributed by atoms with Gasteiger partial charge in [0.2, 0.25) is 5.88 Å². The summed E-state index contributed by atoms with van der Waals surface area (Å²) in [6.45, 7) is 3.59. The van der Waals surface area contributed by atoms with Crippen molar-refractivity contribution in [3.8, 4) is 11.6 Å². The Morgan fingerprint density at radius 2 is 1.94 bits per heavy atom. The van der Waals surface area contributed by atoms with Gasteiger partial charge in [-0.1, -0.05) is 0 Å². The molecule has 0 atom stereocenters. The topological polar surface area (TPSA) is 51.6 Å². The van der Waals surface area contributed by atoms with E-state index in [9.17, 15) is 5.11 Å². The Morgan fingerprint density at radius 3 is 2.61 bits per heavy atom. The molecule has 2 rings (SSSR count). The lowest BCUT2D eigenvalue weighted by Gasteiger charge is -2.17. The lowest BCUT2D eigenvalue weighted by molar-refractivity contribution is 0.0269. The van der Waals surface area contributed by atoms with Crippen molar-refractivity contribution in [2.24, 2.45) is 0 Å². The van der Waals surface area contributed by atoms with E-state index in [4.69, 9.17) is 9.47 Å². The zero-order valence-corrected chi connectivity index (χ0v) is 10.8. The number of benzene rings is 1. The second-order valence-corrected chi connectivity index (χ2v) is 4.81. The van der Waals surface area contributed by atoms with Crippen molar-refractivity contribution in [1.82, 2.24) is 4.98 Å². The maximum absolute atomic E-state index is 9.60. The molecule has 0 spiro atoms. The molecular formula is C14H17NO3. The number of aromatic nitrogens is 1. The van der Waals surface area contributed by atoms with E-state index in [0.29, 0.717) is 5.88 Å². The van der Waals surface area contributed by atoms with Gasteiger partial charge < -0.3 is 14.6 Å². The summed E-state index contributed by atoms with van der Waals surface area (Å²) < 4.78 is 10.6. The van der Waals surface area contributed by atoms with Crippen molar-refractivity contribution in [2.75, 3.05) is 13.7 Å². The summed E-state index contributed by atoms with van der Waals surface area (Å²) in [5, 5.41) is 10.6. The molecule has 0 saturated heterocycles. The van der Waals surface area contributed by atoms with Crippen LogP contribution in [0.4, 0.5) is 0 Å². The monoisotopic (exact) mass is 247 g/mol. The van der Waals surface area contributed by atoms with E-state index < -0.39 is 5.60 Å². The van der Waals surface area contributed by atoms with Gasteiger partial charge in [-0.3, -0.25) is 0 Å². The maximum Gasteiger partial charge on any atom is 0.213 e. The first-order valence-corrected chi connectivity index (χ1v) is 5.78. The van der Waals surface area contributed by atoms with Crippen LogP contribution in [0.1, 0.15) is 13.8 Å². The van der Waals surface area contributed by atoms with Crippen LogP contribution in [0.25, 0.3) is 10.9 Å². The van der Waals surface area contributed by atoms with Crippen LogP contribution in [0.5, 0.6) is 11.6 Å². The third-order valence-electron chi connectivity index (χ3n) is 2.45. The summed E-state index contributed by atoms with van der Waals surface area (Å²) in [5.41, 5.74) is -0.0621. The van der Waals surface area contributed by atoms with E-state index in [-0.39, 0.29) is 6.61 Å². The van der Waals surface area contributed by atoms with Crippen molar-refractivity contribution < 1.29 is 14.6 Å². The summed E-state index contributed by atoms with van der Waals surface area (Å²) in [6.07, 6.45) is 0. The van der Waals surface area contributed by atoms with Crippen molar-refractivity contribution in [3.63, 3.8) is 0 Å². The van der Waals surface area contributed by atoms with Crippen LogP contribution in [0.2, 0.25) is 0 Å². The molecule has 18 heavy (non-hydrogen) atoms. The molecule has 1 aromatic carbocycles. The van der Waals surface area contributed by atoms with Gasteiger partial charge in [0.05, 0.1) is 18.2 Å². The molecular weight excluding hydrogens is 230 g/mol. The molecule has 1 N–H and O–H groups in total. The van der Waals surface area contributed by atoms with E-state index in [1.807, 2.05) is 24.3 Å². The standard InChI is InChI=1S/C14H17NO3/c1-14(2,16)9-18-13-7-5-10-4-6-11(17-3)8-12(10)15-13/h4-8,16H,9H2,1-3H3. The minimum atomic E-state index is -0.870. The van der Waals surface area contributed by atoms with Gasteiger partial charge in [-0.2, -0.15) is 0 Å². The van der Waals surface area contributed by atoms with Gasteiger partial charge in [-0.15, -0.1) is 0 Å². The van der Waals surface area contributed by atoms with E-state index in [1.165, 1.54) is 0 Å². The third-order valence-corrected chi connectivity index (χ3v) is 2.45. The highest BCUT2D eigenvalue weighted by molar-refractivity contribution is 5.80. The SMILES string of the molecule is COc1ccc2ccc(OCC(C)(C)O)nc2c1. The Hall–Kier alpha value is -1.81. The molecule has 0 amide bonds. The van der Waals surface area contributed by atoms with Gasteiger partial charge in [0, 0.05) is 17.5 Å². The molecule has 4 heteroatoms. The molecule has 2 aromatic rings. The van der Waals surface area contributed by atoms with Crippen LogP contribution in [0.15, 0.2) is 30.3 Å². The molecule has 1 aromatic heterocycles. The zero-order valence-electron chi connectivity index (χ0n) is 10.8. The molecule has 4 nitrogen and oxygen atoms in total. The summed E-state index contributed by atoms with van der Waals surface area (Å²) in [5.74, 6) is 1.26. The van der Waals surface area contributed by atoms with Gasteiger partial charge in [0.25, 0.3) is 0 Å². The lowest BCUT2D eigenvalue weighted by Crippen LogP contribution is -2.28. The minimum Gasteiger partial charge on any atom is -0.497 e. The summed E-state index contributed by atoms with van der Waals surface area (Å²) >= 11 is 0. The van der Waals surface area contributed by atoms with Gasteiger partial charge >= 0.3 is 0 Å². The second-order valence-electron chi connectivity index (χ2n) is 4.81. The number of hydrogen-bond donors (Lipinski definition) is 1. The van der Waals surface area contributed by atoms with Gasteiger partial charge in [0.15, 0.2) is 0 Å². The lowest BCUT2D eigenvalue weighted by atomic mass is 10.2. The Bertz CT molecular complexity index is 546. The van der Waals surface area contributed by atoms with Crippen LogP contribution in [-0.2, 0) is 0 Å². The number of hydrogen-bond acceptors (Lipinski definition) is 4. The highest BCUT2D eigenvalue weighted by Crippen LogP contribution is 2.22. The van der Waals surface area contributed by atoms with Crippen LogP contribution < -0.4 is 9.47 Å². The number of ether oxygens (including phenoxy) is 2. The quantitative estimate of drug-likeness (QED) is 0.901. The molecule has 0 aliphatic rings. The molecule has 0 aliphatic carbocycles. The fourth-order valence-electron chi connectivity index (χ4n) is 1.54. The van der Waals surface area contributed by atoms with Crippen molar-refractivity contribution in [1.29, 1.82) is 0 Å².